The summed E-state index contributed by atoms with van der Waals surface area (Å²) in [5.41, 5.74) is 6.70. The second kappa shape index (κ2) is 6.40. The fourth-order valence-corrected chi connectivity index (χ4v) is 5.12. The number of nitrogens with two attached hydrogens (primary N) is 1. The third kappa shape index (κ3) is 2.49. The molecule has 2 atom stereocenters. The summed E-state index contributed by atoms with van der Waals surface area (Å²) in [6.45, 7) is 6.57. The predicted molar refractivity (Wildman–Crippen MR) is 104 cm³/mol. The van der Waals surface area contributed by atoms with E-state index < -0.39 is 0 Å². The standard InChI is InChI=1S/C18H25BrN6O/c1-3-18(16-22-14(19)13-15(20)21-8-10-24(13)16)7-5-12-6-9-23(4-2)17(26)25(12)11-18/h8,10,12H,3-7,9,11H2,1-2H3,(H2,20,21)/t12-,18-/m0/s1. The van der Waals surface area contributed by atoms with Crippen LogP contribution in [0.4, 0.5) is 10.6 Å². The van der Waals surface area contributed by atoms with Crippen molar-refractivity contribution in [2.75, 3.05) is 25.4 Å². The highest BCUT2D eigenvalue weighted by Crippen LogP contribution is 2.42. The van der Waals surface area contributed by atoms with Crippen LogP contribution in [0.2, 0.25) is 0 Å². The lowest BCUT2D eigenvalue weighted by Gasteiger charge is -2.50. The summed E-state index contributed by atoms with van der Waals surface area (Å²) >= 11 is 3.55. The van der Waals surface area contributed by atoms with Gasteiger partial charge in [-0.3, -0.25) is 4.40 Å². The molecule has 2 aliphatic heterocycles. The van der Waals surface area contributed by atoms with Crippen LogP contribution in [0.5, 0.6) is 0 Å². The molecule has 0 spiro atoms. The van der Waals surface area contributed by atoms with E-state index in [-0.39, 0.29) is 11.4 Å². The zero-order valence-corrected chi connectivity index (χ0v) is 16.9. The minimum absolute atomic E-state index is 0.169. The Morgan fingerprint density at radius 3 is 2.92 bits per heavy atom. The Labute approximate surface area is 161 Å². The normalized spacial score (nSPS) is 26.4. The lowest BCUT2D eigenvalue weighted by molar-refractivity contribution is 0.0478. The average Bonchev–Trinajstić information content (AvgIpc) is 3.00. The highest BCUT2D eigenvalue weighted by molar-refractivity contribution is 9.10. The number of piperidine rings is 1. The number of carbonyl (C=O) groups is 1. The largest absolute Gasteiger partial charge is 0.382 e. The molecule has 0 radical (unpaired) electrons. The van der Waals surface area contributed by atoms with Crippen molar-refractivity contribution in [2.24, 2.45) is 0 Å². The van der Waals surface area contributed by atoms with Crippen LogP contribution in [0.3, 0.4) is 0 Å². The summed E-state index contributed by atoms with van der Waals surface area (Å²) in [7, 11) is 0. The van der Waals surface area contributed by atoms with Crippen molar-refractivity contribution in [3.63, 3.8) is 0 Å². The van der Waals surface area contributed by atoms with Crippen molar-refractivity contribution in [3.8, 4) is 0 Å². The Kier molecular flexibility index (Phi) is 4.33. The number of urea groups is 1. The number of nitrogens with zero attached hydrogens (tertiary/aromatic N) is 5. The number of fused-ring (bicyclic) bond motifs is 2. The quantitative estimate of drug-likeness (QED) is 0.827. The maximum absolute atomic E-state index is 12.9. The second-order valence-corrected chi connectivity index (χ2v) is 8.11. The number of aromatic nitrogens is 3. The fourth-order valence-electron chi connectivity index (χ4n) is 4.56. The summed E-state index contributed by atoms with van der Waals surface area (Å²) in [6, 6.07) is 0.522. The summed E-state index contributed by atoms with van der Waals surface area (Å²) in [6.07, 6.45) is 7.65. The van der Waals surface area contributed by atoms with Crippen LogP contribution in [0.15, 0.2) is 17.0 Å². The van der Waals surface area contributed by atoms with E-state index in [2.05, 4.69) is 32.7 Å². The molecule has 0 aromatic carbocycles. The molecule has 8 heteroatoms. The molecule has 4 rings (SSSR count). The Balaban J connectivity index is 1.77. The number of amides is 2. The van der Waals surface area contributed by atoms with Gasteiger partial charge < -0.3 is 15.5 Å². The van der Waals surface area contributed by atoms with Crippen molar-refractivity contribution in [2.45, 2.75) is 51.0 Å². The Hall–Kier alpha value is -1.83. The molecule has 0 unspecified atom stereocenters. The molecule has 2 N–H and O–H groups in total. The lowest BCUT2D eigenvalue weighted by atomic mass is 9.74. The SMILES string of the molecule is CCN1CC[C@@H]2CC[C@](CC)(c3nc(Br)c4c(N)nccn34)CN2C1=O. The van der Waals surface area contributed by atoms with Gasteiger partial charge in [0, 0.05) is 43.5 Å². The number of hydrogen-bond acceptors (Lipinski definition) is 4. The molecule has 2 amide bonds. The first-order valence-corrected chi connectivity index (χ1v) is 10.1. The second-order valence-electron chi connectivity index (χ2n) is 7.36. The molecule has 26 heavy (non-hydrogen) atoms. The molecule has 2 fully saturated rings. The van der Waals surface area contributed by atoms with Crippen LogP contribution in [-0.4, -0.2) is 55.9 Å². The average molecular weight is 421 g/mol. The molecule has 7 nitrogen and oxygen atoms in total. The molecular formula is C18H25BrN6O. The minimum atomic E-state index is -0.175. The van der Waals surface area contributed by atoms with Crippen LogP contribution in [-0.2, 0) is 5.41 Å². The van der Waals surface area contributed by atoms with Crippen molar-refractivity contribution < 1.29 is 4.79 Å². The maximum Gasteiger partial charge on any atom is 0.320 e. The Morgan fingerprint density at radius 1 is 1.38 bits per heavy atom. The van der Waals surface area contributed by atoms with Crippen molar-refractivity contribution in [3.05, 3.63) is 22.8 Å². The summed E-state index contributed by atoms with van der Waals surface area (Å²) in [5.74, 6) is 1.43. The number of anilines is 1. The zero-order valence-electron chi connectivity index (χ0n) is 15.3. The van der Waals surface area contributed by atoms with E-state index >= 15 is 0 Å². The van der Waals surface area contributed by atoms with Crippen LogP contribution in [0, 0.1) is 0 Å². The Bertz CT molecular complexity index is 852. The van der Waals surface area contributed by atoms with Gasteiger partial charge in [0.05, 0.1) is 0 Å². The first-order chi connectivity index (χ1) is 12.5. The van der Waals surface area contributed by atoms with Crippen LogP contribution < -0.4 is 5.73 Å². The highest BCUT2D eigenvalue weighted by Gasteiger charge is 2.46. The molecule has 2 aromatic rings. The van der Waals surface area contributed by atoms with Gasteiger partial charge >= 0.3 is 6.03 Å². The van der Waals surface area contributed by atoms with E-state index in [1.807, 2.05) is 22.4 Å². The van der Waals surface area contributed by atoms with Gasteiger partial charge in [-0.25, -0.2) is 14.8 Å². The Morgan fingerprint density at radius 2 is 2.19 bits per heavy atom. The fraction of sp³-hybridized carbons (Fsp3) is 0.611. The number of halogens is 1. The van der Waals surface area contributed by atoms with Gasteiger partial charge in [0.15, 0.2) is 5.82 Å². The van der Waals surface area contributed by atoms with Gasteiger partial charge in [-0.1, -0.05) is 6.92 Å². The van der Waals surface area contributed by atoms with Crippen LogP contribution in [0.25, 0.3) is 5.52 Å². The monoisotopic (exact) mass is 420 g/mol. The number of carbonyl (C=O) groups excluding carboxylic acids is 1. The van der Waals surface area contributed by atoms with E-state index in [0.717, 1.165) is 50.1 Å². The van der Waals surface area contributed by atoms with Crippen molar-refractivity contribution in [1.82, 2.24) is 24.2 Å². The molecule has 2 saturated heterocycles. The topological polar surface area (TPSA) is 79.8 Å². The van der Waals surface area contributed by atoms with Crippen LogP contribution in [0.1, 0.15) is 45.4 Å². The van der Waals surface area contributed by atoms with Gasteiger partial charge in [-0.15, -0.1) is 0 Å². The lowest BCUT2D eigenvalue weighted by Crippen LogP contribution is -2.61. The van der Waals surface area contributed by atoms with Gasteiger partial charge in [0.25, 0.3) is 0 Å². The number of imidazole rings is 1. The molecule has 2 aliphatic rings. The van der Waals surface area contributed by atoms with E-state index in [0.29, 0.717) is 23.0 Å². The molecule has 0 bridgehead atoms. The molecule has 140 valence electrons. The third-order valence-electron chi connectivity index (χ3n) is 6.19. The summed E-state index contributed by atoms with van der Waals surface area (Å²) in [4.78, 5) is 26.0. The van der Waals surface area contributed by atoms with Crippen molar-refractivity contribution in [1.29, 1.82) is 0 Å². The maximum atomic E-state index is 12.9. The van der Waals surface area contributed by atoms with Crippen LogP contribution >= 0.6 is 15.9 Å². The van der Waals surface area contributed by atoms with E-state index in [9.17, 15) is 4.79 Å². The molecule has 2 aromatic heterocycles. The highest BCUT2D eigenvalue weighted by atomic mass is 79.9. The van der Waals surface area contributed by atoms with Crippen molar-refractivity contribution >= 4 is 33.3 Å². The van der Waals surface area contributed by atoms with E-state index in [1.54, 1.807) is 6.20 Å². The molecule has 4 heterocycles. The third-order valence-corrected chi connectivity index (χ3v) is 6.74. The predicted octanol–water partition coefficient (Wildman–Crippen LogP) is 3.03. The first kappa shape index (κ1) is 17.6. The van der Waals surface area contributed by atoms with Gasteiger partial charge in [-0.05, 0) is 48.5 Å². The van der Waals surface area contributed by atoms with Gasteiger partial charge in [-0.2, -0.15) is 0 Å². The summed E-state index contributed by atoms with van der Waals surface area (Å²) < 4.78 is 2.76. The van der Waals surface area contributed by atoms with Gasteiger partial charge in [0.2, 0.25) is 0 Å². The van der Waals surface area contributed by atoms with E-state index in [4.69, 9.17) is 10.7 Å². The molecular weight excluding hydrogens is 396 g/mol. The van der Waals surface area contributed by atoms with Gasteiger partial charge in [0.1, 0.15) is 15.9 Å². The number of rotatable bonds is 3. The number of hydrogen-bond donors (Lipinski definition) is 1. The molecule has 0 aliphatic carbocycles. The zero-order chi connectivity index (χ0) is 18.5. The number of nitrogen functional groups attached to an aromatic ring is 1. The molecule has 0 saturated carbocycles. The minimum Gasteiger partial charge on any atom is -0.382 e. The smallest absolute Gasteiger partial charge is 0.320 e. The van der Waals surface area contributed by atoms with E-state index in [1.165, 1.54) is 0 Å². The first-order valence-electron chi connectivity index (χ1n) is 9.35. The summed E-state index contributed by atoms with van der Waals surface area (Å²) in [5, 5.41) is 0.